The second-order valence-corrected chi connectivity index (χ2v) is 14.8. The number of nitrogens with zero attached hydrogens (tertiary/aromatic N) is 6. The molecule has 282 valence electrons. The highest BCUT2D eigenvalue weighted by Crippen LogP contribution is 2.45. The first kappa shape index (κ1) is 36.5. The number of benzene rings is 8. The van der Waals surface area contributed by atoms with Crippen LogP contribution < -0.4 is 0 Å². The zero-order valence-corrected chi connectivity index (χ0v) is 32.7. The van der Waals surface area contributed by atoms with Gasteiger partial charge in [0.05, 0.1) is 63.0 Å². The molecular weight excluding hydrogens is 745 g/mol. The summed E-state index contributed by atoms with van der Waals surface area (Å²) < 4.78 is 2.34. The Balaban J connectivity index is 1.30. The van der Waals surface area contributed by atoms with Crippen LogP contribution in [0.4, 0.5) is 0 Å². The SMILES string of the molecule is N#Cc1ccc(-c2ccc3c(c2)c2ccccc2n3-c2c(-c3ccc(C#N)cc3)cc(-c3cc(-c4ccccc4)nc(-c4ccccc4)n3)cc2-c2ccc(C#N)cc2)cc1. The fraction of sp³-hybridized carbons (Fsp3) is 0. The second-order valence-electron chi connectivity index (χ2n) is 14.8. The van der Waals surface area contributed by atoms with Crippen LogP contribution in [0.3, 0.4) is 0 Å². The number of fused-ring (bicyclic) bond motifs is 3. The number of hydrogen-bond acceptors (Lipinski definition) is 5. The largest absolute Gasteiger partial charge is 0.308 e. The van der Waals surface area contributed by atoms with Crippen molar-refractivity contribution in [1.29, 1.82) is 15.8 Å². The first-order valence-corrected chi connectivity index (χ1v) is 19.8. The number of hydrogen-bond donors (Lipinski definition) is 0. The molecular formula is C55H32N6. The van der Waals surface area contributed by atoms with E-state index in [4.69, 9.17) is 9.97 Å². The molecule has 0 aliphatic rings. The third-order valence-electron chi connectivity index (χ3n) is 11.1. The van der Waals surface area contributed by atoms with Crippen molar-refractivity contribution in [2.24, 2.45) is 0 Å². The summed E-state index contributed by atoms with van der Waals surface area (Å²) in [6.45, 7) is 0. The van der Waals surface area contributed by atoms with Crippen molar-refractivity contribution >= 4 is 21.8 Å². The minimum absolute atomic E-state index is 0.566. The maximum absolute atomic E-state index is 9.83. The van der Waals surface area contributed by atoms with Crippen LogP contribution in [0.15, 0.2) is 194 Å². The average Bonchev–Trinajstić information content (AvgIpc) is 3.67. The molecule has 10 rings (SSSR count). The summed E-state index contributed by atoms with van der Waals surface area (Å²) >= 11 is 0. The van der Waals surface area contributed by atoms with Gasteiger partial charge in [0.15, 0.2) is 5.82 Å². The van der Waals surface area contributed by atoms with Gasteiger partial charge < -0.3 is 4.57 Å². The first-order chi connectivity index (χ1) is 30.1. The van der Waals surface area contributed by atoms with Crippen molar-refractivity contribution in [3.05, 3.63) is 211 Å². The van der Waals surface area contributed by atoms with E-state index in [0.717, 1.165) is 89.0 Å². The summed E-state index contributed by atoms with van der Waals surface area (Å²) in [5.41, 5.74) is 14.8. The molecule has 0 fully saturated rings. The maximum atomic E-state index is 9.83. The van der Waals surface area contributed by atoms with Gasteiger partial charge in [-0.1, -0.05) is 121 Å². The van der Waals surface area contributed by atoms with E-state index >= 15 is 0 Å². The Bertz CT molecular complexity index is 3270. The van der Waals surface area contributed by atoms with Crippen molar-refractivity contribution in [3.63, 3.8) is 0 Å². The van der Waals surface area contributed by atoms with Gasteiger partial charge in [-0.05, 0) is 95.1 Å². The van der Waals surface area contributed by atoms with Gasteiger partial charge in [0, 0.05) is 38.6 Å². The van der Waals surface area contributed by atoms with Crippen LogP contribution in [0, 0.1) is 34.0 Å². The Morgan fingerprint density at radius 1 is 0.344 bits per heavy atom. The summed E-state index contributed by atoms with van der Waals surface area (Å²) in [6.07, 6.45) is 0. The quantitative estimate of drug-likeness (QED) is 0.160. The molecule has 0 saturated heterocycles. The molecule has 0 spiro atoms. The molecule has 61 heavy (non-hydrogen) atoms. The van der Waals surface area contributed by atoms with Crippen molar-refractivity contribution in [3.8, 4) is 91.2 Å². The van der Waals surface area contributed by atoms with Crippen LogP contribution in [0.2, 0.25) is 0 Å². The summed E-state index contributed by atoms with van der Waals surface area (Å²) in [7, 11) is 0. The molecule has 0 amide bonds. The molecule has 8 aromatic carbocycles. The zero-order chi connectivity index (χ0) is 41.3. The molecule has 0 atom stereocenters. The molecule has 0 radical (unpaired) electrons. The standard InChI is InChI=1S/C55H32N6/c56-33-36-15-21-39(22-16-36)44-27-28-53-49(29-44)46-13-7-8-14-52(46)61(53)54-47(40-23-17-37(34-57)18-24-40)30-45(31-48(54)41-25-19-38(35-58)20-26-41)51-32-50(42-9-3-1-4-10-42)59-55(60-51)43-11-5-2-6-12-43/h1-32H. The highest BCUT2D eigenvalue weighted by Gasteiger charge is 2.23. The third-order valence-corrected chi connectivity index (χ3v) is 11.1. The van der Waals surface area contributed by atoms with E-state index in [9.17, 15) is 15.8 Å². The van der Waals surface area contributed by atoms with Crippen molar-refractivity contribution in [2.45, 2.75) is 0 Å². The van der Waals surface area contributed by atoms with Crippen LogP contribution in [-0.2, 0) is 0 Å². The lowest BCUT2D eigenvalue weighted by Crippen LogP contribution is -2.03. The maximum Gasteiger partial charge on any atom is 0.160 e. The van der Waals surface area contributed by atoms with Gasteiger partial charge in [0.1, 0.15) is 0 Å². The number of nitriles is 3. The van der Waals surface area contributed by atoms with Gasteiger partial charge in [-0.25, -0.2) is 9.97 Å². The molecule has 0 bridgehead atoms. The predicted octanol–water partition coefficient (Wildman–Crippen LogP) is 13.2. The van der Waals surface area contributed by atoms with Crippen LogP contribution >= 0.6 is 0 Å². The van der Waals surface area contributed by atoms with Gasteiger partial charge >= 0.3 is 0 Å². The van der Waals surface area contributed by atoms with E-state index in [1.165, 1.54) is 0 Å². The molecule has 0 unspecified atom stereocenters. The molecule has 0 N–H and O–H groups in total. The van der Waals surface area contributed by atoms with Gasteiger partial charge in [0.25, 0.3) is 0 Å². The Morgan fingerprint density at radius 3 is 1.36 bits per heavy atom. The molecule has 2 heterocycles. The molecule has 10 aromatic rings. The van der Waals surface area contributed by atoms with Gasteiger partial charge in [-0.15, -0.1) is 0 Å². The fourth-order valence-electron chi connectivity index (χ4n) is 8.11. The van der Waals surface area contributed by atoms with Crippen molar-refractivity contribution < 1.29 is 0 Å². The summed E-state index contributed by atoms with van der Waals surface area (Å²) in [5, 5.41) is 31.3. The number of rotatable bonds is 7. The smallest absolute Gasteiger partial charge is 0.160 e. The normalized spacial score (nSPS) is 10.9. The highest BCUT2D eigenvalue weighted by molar-refractivity contribution is 6.12. The Labute approximate surface area is 352 Å². The third kappa shape index (κ3) is 6.75. The first-order valence-electron chi connectivity index (χ1n) is 19.8. The van der Waals surface area contributed by atoms with Gasteiger partial charge in [-0.2, -0.15) is 15.8 Å². The number of aromatic nitrogens is 3. The average molecular weight is 777 g/mol. The number of para-hydroxylation sites is 1. The van der Waals surface area contributed by atoms with Crippen molar-refractivity contribution in [2.75, 3.05) is 0 Å². The molecule has 6 nitrogen and oxygen atoms in total. The summed E-state index contributed by atoms with van der Waals surface area (Å²) in [4.78, 5) is 10.3. The lowest BCUT2D eigenvalue weighted by Gasteiger charge is -2.21. The van der Waals surface area contributed by atoms with E-state index in [1.54, 1.807) is 0 Å². The van der Waals surface area contributed by atoms with Gasteiger partial charge in [-0.3, -0.25) is 0 Å². The van der Waals surface area contributed by atoms with E-state index < -0.39 is 0 Å². The summed E-state index contributed by atoms with van der Waals surface area (Å²) in [6, 6.07) is 71.5. The Morgan fingerprint density at radius 2 is 0.803 bits per heavy atom. The zero-order valence-electron chi connectivity index (χ0n) is 32.7. The van der Waals surface area contributed by atoms with E-state index in [2.05, 4.69) is 89.5 Å². The van der Waals surface area contributed by atoms with Crippen LogP contribution in [0.25, 0.3) is 94.8 Å². The van der Waals surface area contributed by atoms with E-state index in [-0.39, 0.29) is 0 Å². The fourth-order valence-corrected chi connectivity index (χ4v) is 8.11. The second kappa shape index (κ2) is 15.5. The lowest BCUT2D eigenvalue weighted by molar-refractivity contribution is 1.17. The lowest BCUT2D eigenvalue weighted by atomic mass is 9.91. The Hall–Kier alpha value is -8.89. The minimum Gasteiger partial charge on any atom is -0.308 e. The minimum atomic E-state index is 0.566. The monoisotopic (exact) mass is 776 g/mol. The molecule has 2 aromatic heterocycles. The predicted molar refractivity (Wildman–Crippen MR) is 243 cm³/mol. The molecule has 6 heteroatoms. The Kier molecular flexibility index (Phi) is 9.24. The molecule has 0 saturated carbocycles. The summed E-state index contributed by atoms with van der Waals surface area (Å²) in [5.74, 6) is 0.612. The van der Waals surface area contributed by atoms with Gasteiger partial charge in [0.2, 0.25) is 0 Å². The topological polar surface area (TPSA) is 102 Å². The van der Waals surface area contributed by atoms with E-state index in [1.807, 2.05) is 127 Å². The molecule has 0 aliphatic carbocycles. The van der Waals surface area contributed by atoms with Crippen molar-refractivity contribution in [1.82, 2.24) is 14.5 Å². The van der Waals surface area contributed by atoms with E-state index in [0.29, 0.717) is 22.5 Å². The van der Waals surface area contributed by atoms with Crippen LogP contribution in [-0.4, -0.2) is 14.5 Å². The highest BCUT2D eigenvalue weighted by atomic mass is 15.0. The van der Waals surface area contributed by atoms with Crippen LogP contribution in [0.1, 0.15) is 16.7 Å². The van der Waals surface area contributed by atoms with Crippen LogP contribution in [0.5, 0.6) is 0 Å². The molecule has 0 aliphatic heterocycles.